The number of rotatable bonds is 6. The van der Waals surface area contributed by atoms with Crippen molar-refractivity contribution >= 4 is 33.8 Å². The van der Waals surface area contributed by atoms with E-state index in [0.717, 1.165) is 22.1 Å². The van der Waals surface area contributed by atoms with Crippen LogP contribution in [-0.2, 0) is 6.54 Å². The maximum atomic E-state index is 13.4. The maximum absolute atomic E-state index is 13.4. The molecule has 28 heavy (non-hydrogen) atoms. The highest BCUT2D eigenvalue weighted by Gasteiger charge is 2.18. The first kappa shape index (κ1) is 17.9. The normalized spacial score (nSPS) is 10.4. The van der Waals surface area contributed by atoms with Gasteiger partial charge < -0.3 is 10.2 Å². The molecule has 3 aromatic carbocycles. The van der Waals surface area contributed by atoms with Crippen molar-refractivity contribution in [1.29, 1.82) is 0 Å². The quantitative estimate of drug-likeness (QED) is 0.461. The minimum absolute atomic E-state index is 0.0437. The highest BCUT2D eigenvalue weighted by atomic mass is 32.1. The van der Waals surface area contributed by atoms with Crippen LogP contribution in [-0.4, -0.2) is 10.9 Å². The summed E-state index contributed by atoms with van der Waals surface area (Å²) >= 11 is 1.52. The minimum atomic E-state index is -0.0437. The van der Waals surface area contributed by atoms with E-state index < -0.39 is 0 Å². The Morgan fingerprint density at radius 3 is 2.39 bits per heavy atom. The predicted octanol–water partition coefficient (Wildman–Crippen LogP) is 5.73. The average molecular weight is 385 g/mol. The first-order chi connectivity index (χ1) is 13.8. The van der Waals surface area contributed by atoms with Crippen LogP contribution in [0.3, 0.4) is 0 Å². The lowest BCUT2D eigenvalue weighted by Crippen LogP contribution is -2.30. The summed E-state index contributed by atoms with van der Waals surface area (Å²) in [5.41, 5.74) is 3.42. The molecule has 1 heterocycles. The second-order valence-corrected chi connectivity index (χ2v) is 7.15. The van der Waals surface area contributed by atoms with Gasteiger partial charge in [0, 0.05) is 28.5 Å². The summed E-state index contributed by atoms with van der Waals surface area (Å²) in [6.45, 7) is 0.508. The minimum Gasteiger partial charge on any atom is -0.332 e. The molecule has 4 aromatic rings. The number of amides is 1. The average Bonchev–Trinajstić information content (AvgIpc) is 3.26. The Labute approximate surface area is 168 Å². The Balaban J connectivity index is 1.63. The van der Waals surface area contributed by atoms with E-state index in [2.05, 4.69) is 10.3 Å². The fraction of sp³-hybridized carbons (Fsp3) is 0.0435. The molecule has 0 bridgehead atoms. The van der Waals surface area contributed by atoms with Gasteiger partial charge in [0.25, 0.3) is 5.91 Å². The summed E-state index contributed by atoms with van der Waals surface area (Å²) in [6.07, 6.45) is 1.75. The van der Waals surface area contributed by atoms with Crippen molar-refractivity contribution in [2.75, 3.05) is 10.2 Å². The molecule has 0 aliphatic rings. The molecule has 4 rings (SSSR count). The van der Waals surface area contributed by atoms with E-state index in [-0.39, 0.29) is 5.91 Å². The SMILES string of the molecule is O=C(c1cccc(Nc2nccs2)c1)N(Cc1ccccc1)c1ccccc1. The molecule has 0 saturated heterocycles. The van der Waals surface area contributed by atoms with Crippen molar-refractivity contribution in [3.8, 4) is 0 Å². The third kappa shape index (κ3) is 4.27. The molecule has 0 atom stereocenters. The van der Waals surface area contributed by atoms with Crippen LogP contribution in [0.2, 0.25) is 0 Å². The largest absolute Gasteiger partial charge is 0.332 e. The summed E-state index contributed by atoms with van der Waals surface area (Å²) in [6, 6.07) is 27.3. The van der Waals surface area contributed by atoms with E-state index in [9.17, 15) is 4.79 Å². The number of anilines is 3. The Hall–Kier alpha value is -3.44. The molecule has 0 unspecified atom stereocenters. The number of carbonyl (C=O) groups excluding carboxylic acids is 1. The smallest absolute Gasteiger partial charge is 0.258 e. The molecule has 0 aliphatic heterocycles. The van der Waals surface area contributed by atoms with Gasteiger partial charge in [-0.25, -0.2) is 4.98 Å². The fourth-order valence-corrected chi connectivity index (χ4v) is 3.50. The summed E-state index contributed by atoms with van der Waals surface area (Å²) in [7, 11) is 0. The zero-order valence-corrected chi connectivity index (χ0v) is 16.0. The van der Waals surface area contributed by atoms with Gasteiger partial charge in [-0.3, -0.25) is 4.79 Å². The zero-order valence-electron chi connectivity index (χ0n) is 15.2. The molecule has 0 fully saturated rings. The van der Waals surface area contributed by atoms with Crippen LogP contribution in [0.4, 0.5) is 16.5 Å². The number of hydrogen-bond acceptors (Lipinski definition) is 4. The van der Waals surface area contributed by atoms with E-state index in [4.69, 9.17) is 0 Å². The van der Waals surface area contributed by atoms with Gasteiger partial charge in [-0.2, -0.15) is 0 Å². The zero-order chi connectivity index (χ0) is 19.2. The van der Waals surface area contributed by atoms with Crippen LogP contribution in [0.25, 0.3) is 0 Å². The highest BCUT2D eigenvalue weighted by Crippen LogP contribution is 2.23. The lowest BCUT2D eigenvalue weighted by molar-refractivity contribution is 0.0985. The number of aromatic nitrogens is 1. The van der Waals surface area contributed by atoms with Gasteiger partial charge in [0.1, 0.15) is 0 Å². The van der Waals surface area contributed by atoms with Gasteiger partial charge in [0.15, 0.2) is 5.13 Å². The molecule has 0 spiro atoms. The molecular weight excluding hydrogens is 366 g/mol. The monoisotopic (exact) mass is 385 g/mol. The van der Waals surface area contributed by atoms with Crippen molar-refractivity contribution in [3.63, 3.8) is 0 Å². The number of benzene rings is 3. The molecule has 5 heteroatoms. The van der Waals surface area contributed by atoms with E-state index in [1.54, 1.807) is 11.1 Å². The lowest BCUT2D eigenvalue weighted by atomic mass is 10.1. The predicted molar refractivity (Wildman–Crippen MR) is 115 cm³/mol. The van der Waals surface area contributed by atoms with Crippen molar-refractivity contribution in [3.05, 3.63) is 108 Å². The molecular formula is C23H19N3OS. The maximum Gasteiger partial charge on any atom is 0.258 e. The van der Waals surface area contributed by atoms with E-state index in [0.29, 0.717) is 12.1 Å². The van der Waals surface area contributed by atoms with Crippen molar-refractivity contribution in [1.82, 2.24) is 4.98 Å². The number of nitrogens with one attached hydrogen (secondary N) is 1. The van der Waals surface area contributed by atoms with Gasteiger partial charge in [-0.05, 0) is 35.9 Å². The Morgan fingerprint density at radius 1 is 0.929 bits per heavy atom. The Bertz CT molecular complexity index is 1030. The summed E-state index contributed by atoms with van der Waals surface area (Å²) < 4.78 is 0. The molecule has 1 amide bonds. The van der Waals surface area contributed by atoms with Crippen LogP contribution in [0.1, 0.15) is 15.9 Å². The van der Waals surface area contributed by atoms with Gasteiger partial charge in [-0.15, -0.1) is 11.3 Å². The molecule has 0 saturated carbocycles. The van der Waals surface area contributed by atoms with Gasteiger partial charge in [-0.1, -0.05) is 54.6 Å². The Kier molecular flexibility index (Phi) is 5.45. The van der Waals surface area contributed by atoms with Crippen molar-refractivity contribution < 1.29 is 4.79 Å². The number of carbonyl (C=O) groups is 1. The van der Waals surface area contributed by atoms with E-state index in [1.165, 1.54) is 11.3 Å². The summed E-state index contributed by atoms with van der Waals surface area (Å²) in [5.74, 6) is -0.0437. The van der Waals surface area contributed by atoms with Gasteiger partial charge in [0.05, 0.1) is 6.54 Å². The van der Waals surface area contributed by atoms with Crippen LogP contribution >= 0.6 is 11.3 Å². The molecule has 0 radical (unpaired) electrons. The fourth-order valence-electron chi connectivity index (χ4n) is 2.95. The van der Waals surface area contributed by atoms with Crippen molar-refractivity contribution in [2.45, 2.75) is 6.54 Å². The van der Waals surface area contributed by atoms with Crippen LogP contribution < -0.4 is 10.2 Å². The van der Waals surface area contributed by atoms with E-state index in [1.807, 2.05) is 90.3 Å². The van der Waals surface area contributed by atoms with Gasteiger partial charge >= 0.3 is 0 Å². The van der Waals surface area contributed by atoms with Gasteiger partial charge in [0.2, 0.25) is 0 Å². The lowest BCUT2D eigenvalue weighted by Gasteiger charge is -2.23. The number of thiazole rings is 1. The molecule has 1 N–H and O–H groups in total. The summed E-state index contributed by atoms with van der Waals surface area (Å²) in [4.78, 5) is 19.4. The number of hydrogen-bond donors (Lipinski definition) is 1. The molecule has 1 aromatic heterocycles. The summed E-state index contributed by atoms with van der Waals surface area (Å²) in [5, 5.41) is 5.96. The second kappa shape index (κ2) is 8.50. The van der Waals surface area contributed by atoms with Crippen LogP contribution in [0, 0.1) is 0 Å². The number of para-hydroxylation sites is 1. The molecule has 138 valence electrons. The van der Waals surface area contributed by atoms with Crippen molar-refractivity contribution in [2.24, 2.45) is 0 Å². The Morgan fingerprint density at radius 2 is 1.68 bits per heavy atom. The third-order valence-electron chi connectivity index (χ3n) is 4.29. The van der Waals surface area contributed by atoms with Crippen LogP contribution in [0.15, 0.2) is 96.5 Å². The topological polar surface area (TPSA) is 45.2 Å². The van der Waals surface area contributed by atoms with Crippen LogP contribution in [0.5, 0.6) is 0 Å². The third-order valence-corrected chi connectivity index (χ3v) is 4.98. The second-order valence-electron chi connectivity index (χ2n) is 6.26. The van der Waals surface area contributed by atoms with E-state index >= 15 is 0 Å². The first-order valence-electron chi connectivity index (χ1n) is 8.97. The standard InChI is InChI=1S/C23H19N3OS/c27-22(19-10-7-11-20(16-19)25-23-24-14-15-28-23)26(21-12-5-2-6-13-21)17-18-8-3-1-4-9-18/h1-16H,17H2,(H,24,25). The first-order valence-corrected chi connectivity index (χ1v) is 9.85. The molecule has 0 aliphatic carbocycles. The highest BCUT2D eigenvalue weighted by molar-refractivity contribution is 7.13. The molecule has 4 nitrogen and oxygen atoms in total. The number of nitrogens with zero attached hydrogens (tertiary/aromatic N) is 2.